The van der Waals surface area contributed by atoms with Crippen LogP contribution in [0.2, 0.25) is 0 Å². The summed E-state index contributed by atoms with van der Waals surface area (Å²) in [5.41, 5.74) is 2.29. The monoisotopic (exact) mass is 313 g/mol. The van der Waals surface area contributed by atoms with Crippen LogP contribution < -0.4 is 5.32 Å². The average Bonchev–Trinajstić information content (AvgIpc) is 3.08. The molecule has 122 valence electrons. The number of hydrogen-bond donors (Lipinski definition) is 2. The molecular formula is C18H23N3O2. The number of anilines is 1. The molecule has 2 unspecified atom stereocenters. The number of benzene rings is 1. The standard InChI is InChI=1S/C18H23N3O2/c1-13-4-2-7-16(10-13)23-12-14-5-3-6-15(11-14)20-18(22)17-8-9-19-21-17/h3,5-6,8-9,11,13,16H,2,4,7,10,12H2,1H3,(H,19,21)(H,20,22). The molecule has 23 heavy (non-hydrogen) atoms. The van der Waals surface area contributed by atoms with Crippen molar-refractivity contribution < 1.29 is 9.53 Å². The number of nitrogens with zero attached hydrogens (tertiary/aromatic N) is 1. The quantitative estimate of drug-likeness (QED) is 0.883. The summed E-state index contributed by atoms with van der Waals surface area (Å²) in [6.07, 6.45) is 6.80. The van der Waals surface area contributed by atoms with Crippen molar-refractivity contribution in [2.45, 2.75) is 45.3 Å². The van der Waals surface area contributed by atoms with Gasteiger partial charge in [0.15, 0.2) is 0 Å². The molecule has 5 nitrogen and oxygen atoms in total. The number of aromatic amines is 1. The molecule has 1 aliphatic carbocycles. The zero-order valence-corrected chi connectivity index (χ0v) is 13.4. The van der Waals surface area contributed by atoms with Crippen molar-refractivity contribution in [1.29, 1.82) is 0 Å². The highest BCUT2D eigenvalue weighted by Crippen LogP contribution is 2.26. The first-order chi connectivity index (χ1) is 11.2. The normalized spacial score (nSPS) is 21.1. The first-order valence-corrected chi connectivity index (χ1v) is 8.22. The number of aromatic nitrogens is 2. The Morgan fingerprint density at radius 3 is 3.09 bits per heavy atom. The zero-order chi connectivity index (χ0) is 16.1. The molecule has 1 aliphatic rings. The molecule has 1 aromatic carbocycles. The maximum atomic E-state index is 12.0. The minimum absolute atomic E-state index is 0.193. The number of ether oxygens (including phenoxy) is 1. The van der Waals surface area contributed by atoms with E-state index in [0.717, 1.165) is 30.0 Å². The summed E-state index contributed by atoms with van der Waals surface area (Å²) in [6, 6.07) is 9.44. The van der Waals surface area contributed by atoms with E-state index in [0.29, 0.717) is 18.4 Å². The molecule has 1 amide bonds. The van der Waals surface area contributed by atoms with Crippen molar-refractivity contribution >= 4 is 11.6 Å². The van der Waals surface area contributed by atoms with Gasteiger partial charge in [0, 0.05) is 11.9 Å². The van der Waals surface area contributed by atoms with E-state index in [4.69, 9.17) is 4.74 Å². The maximum absolute atomic E-state index is 12.0. The van der Waals surface area contributed by atoms with Gasteiger partial charge in [0.1, 0.15) is 5.69 Å². The fourth-order valence-corrected chi connectivity index (χ4v) is 3.06. The molecule has 0 saturated heterocycles. The molecule has 1 heterocycles. The van der Waals surface area contributed by atoms with Crippen LogP contribution in [0.5, 0.6) is 0 Å². The SMILES string of the molecule is CC1CCCC(OCc2cccc(NC(=O)c3ccn[nH]3)c2)C1. The van der Waals surface area contributed by atoms with Crippen molar-refractivity contribution in [3.63, 3.8) is 0 Å². The van der Waals surface area contributed by atoms with E-state index in [2.05, 4.69) is 22.4 Å². The van der Waals surface area contributed by atoms with Crippen molar-refractivity contribution in [2.75, 3.05) is 5.32 Å². The molecule has 0 spiro atoms. The van der Waals surface area contributed by atoms with Gasteiger partial charge in [-0.1, -0.05) is 31.9 Å². The topological polar surface area (TPSA) is 67.0 Å². The Labute approximate surface area is 136 Å². The van der Waals surface area contributed by atoms with Crippen LogP contribution in [0.15, 0.2) is 36.5 Å². The highest BCUT2D eigenvalue weighted by atomic mass is 16.5. The average molecular weight is 313 g/mol. The second-order valence-electron chi connectivity index (χ2n) is 6.33. The lowest BCUT2D eigenvalue weighted by atomic mass is 9.89. The molecule has 2 atom stereocenters. The van der Waals surface area contributed by atoms with Crippen LogP contribution in [0, 0.1) is 5.92 Å². The van der Waals surface area contributed by atoms with Gasteiger partial charge < -0.3 is 10.1 Å². The highest BCUT2D eigenvalue weighted by molar-refractivity contribution is 6.02. The van der Waals surface area contributed by atoms with Crippen molar-refractivity contribution in [3.05, 3.63) is 47.8 Å². The molecule has 1 aromatic heterocycles. The van der Waals surface area contributed by atoms with E-state index in [1.807, 2.05) is 24.3 Å². The third-order valence-corrected chi connectivity index (χ3v) is 4.30. The molecule has 0 aliphatic heterocycles. The van der Waals surface area contributed by atoms with Crippen LogP contribution >= 0.6 is 0 Å². The van der Waals surface area contributed by atoms with Crippen molar-refractivity contribution in [1.82, 2.24) is 10.2 Å². The Bertz CT molecular complexity index is 639. The fourth-order valence-electron chi connectivity index (χ4n) is 3.06. The van der Waals surface area contributed by atoms with Gasteiger partial charge in [0.05, 0.1) is 12.7 Å². The summed E-state index contributed by atoms with van der Waals surface area (Å²) in [5.74, 6) is 0.565. The van der Waals surface area contributed by atoms with Gasteiger partial charge in [-0.3, -0.25) is 9.89 Å². The fraction of sp³-hybridized carbons (Fsp3) is 0.444. The summed E-state index contributed by atoms with van der Waals surface area (Å²) in [5, 5.41) is 9.31. The third-order valence-electron chi connectivity index (χ3n) is 4.30. The van der Waals surface area contributed by atoms with E-state index in [-0.39, 0.29) is 5.91 Å². The number of carbonyl (C=O) groups is 1. The van der Waals surface area contributed by atoms with Crippen LogP contribution in [-0.4, -0.2) is 22.2 Å². The zero-order valence-electron chi connectivity index (χ0n) is 13.4. The van der Waals surface area contributed by atoms with Gasteiger partial charge in [0.25, 0.3) is 5.91 Å². The highest BCUT2D eigenvalue weighted by Gasteiger charge is 2.19. The summed E-state index contributed by atoms with van der Waals surface area (Å²) in [4.78, 5) is 12.0. The summed E-state index contributed by atoms with van der Waals surface area (Å²) in [6.45, 7) is 2.88. The second kappa shape index (κ2) is 7.42. The number of hydrogen-bond acceptors (Lipinski definition) is 3. The number of carbonyl (C=O) groups excluding carboxylic acids is 1. The van der Waals surface area contributed by atoms with Gasteiger partial charge in [-0.25, -0.2) is 0 Å². The van der Waals surface area contributed by atoms with Crippen LogP contribution in [0.3, 0.4) is 0 Å². The summed E-state index contributed by atoms with van der Waals surface area (Å²) in [7, 11) is 0. The van der Waals surface area contributed by atoms with Gasteiger partial charge >= 0.3 is 0 Å². The smallest absolute Gasteiger partial charge is 0.273 e. The van der Waals surface area contributed by atoms with Crippen LogP contribution in [0.1, 0.15) is 48.7 Å². The van der Waals surface area contributed by atoms with Crippen molar-refractivity contribution in [3.8, 4) is 0 Å². The van der Waals surface area contributed by atoms with E-state index < -0.39 is 0 Å². The van der Waals surface area contributed by atoms with Gasteiger partial charge in [-0.15, -0.1) is 0 Å². The van der Waals surface area contributed by atoms with Crippen LogP contribution in [0.25, 0.3) is 0 Å². The molecular weight excluding hydrogens is 290 g/mol. The molecule has 1 fully saturated rings. The van der Waals surface area contributed by atoms with E-state index >= 15 is 0 Å². The molecule has 2 N–H and O–H groups in total. The van der Waals surface area contributed by atoms with E-state index in [1.54, 1.807) is 12.3 Å². The van der Waals surface area contributed by atoms with E-state index in [1.165, 1.54) is 12.8 Å². The van der Waals surface area contributed by atoms with Gasteiger partial charge in [0.2, 0.25) is 0 Å². The lowest BCUT2D eigenvalue weighted by molar-refractivity contribution is 0.00468. The number of rotatable bonds is 5. The Hall–Kier alpha value is -2.14. The molecule has 1 saturated carbocycles. The molecule has 0 radical (unpaired) electrons. The lowest BCUT2D eigenvalue weighted by Crippen LogP contribution is -2.21. The molecule has 0 bridgehead atoms. The Morgan fingerprint density at radius 2 is 2.30 bits per heavy atom. The summed E-state index contributed by atoms with van der Waals surface area (Å²) >= 11 is 0. The Morgan fingerprint density at radius 1 is 1.39 bits per heavy atom. The minimum Gasteiger partial charge on any atom is -0.374 e. The first kappa shape index (κ1) is 15.7. The number of nitrogens with one attached hydrogen (secondary N) is 2. The molecule has 2 aromatic rings. The number of amides is 1. The predicted molar refractivity (Wildman–Crippen MR) is 89.2 cm³/mol. The van der Waals surface area contributed by atoms with Gasteiger partial charge in [-0.2, -0.15) is 5.10 Å². The second-order valence-corrected chi connectivity index (χ2v) is 6.33. The minimum atomic E-state index is -0.193. The maximum Gasteiger partial charge on any atom is 0.273 e. The third kappa shape index (κ3) is 4.42. The van der Waals surface area contributed by atoms with E-state index in [9.17, 15) is 4.79 Å². The number of H-pyrrole nitrogens is 1. The van der Waals surface area contributed by atoms with Crippen LogP contribution in [-0.2, 0) is 11.3 Å². The first-order valence-electron chi connectivity index (χ1n) is 8.22. The van der Waals surface area contributed by atoms with Crippen LogP contribution in [0.4, 0.5) is 5.69 Å². The van der Waals surface area contributed by atoms with Gasteiger partial charge in [-0.05, 0) is 42.5 Å². The lowest BCUT2D eigenvalue weighted by Gasteiger charge is -2.26. The summed E-state index contributed by atoms with van der Waals surface area (Å²) < 4.78 is 6.04. The Kier molecular flexibility index (Phi) is 5.08. The predicted octanol–water partition coefficient (Wildman–Crippen LogP) is 3.76. The molecule has 5 heteroatoms. The molecule has 3 rings (SSSR count). The Balaban J connectivity index is 1.55. The largest absolute Gasteiger partial charge is 0.374 e. The van der Waals surface area contributed by atoms with Crippen molar-refractivity contribution in [2.24, 2.45) is 5.92 Å².